The topological polar surface area (TPSA) is 119 Å². The van der Waals surface area contributed by atoms with Crippen LogP contribution in [-0.2, 0) is 6.61 Å². The smallest absolute Gasteiger partial charge is 0.226 e. The Labute approximate surface area is 155 Å². The number of rotatable bonds is 7. The molecule has 4 rings (SSSR count). The summed E-state index contributed by atoms with van der Waals surface area (Å²) in [6.07, 6.45) is 4.40. The number of nitrogens with one attached hydrogen (secondary N) is 1. The molecule has 3 aromatic heterocycles. The van der Waals surface area contributed by atoms with E-state index in [0.717, 1.165) is 17.9 Å². The van der Waals surface area contributed by atoms with Crippen LogP contribution in [-0.4, -0.2) is 49.2 Å². The van der Waals surface area contributed by atoms with Crippen LogP contribution in [0.3, 0.4) is 0 Å². The van der Waals surface area contributed by atoms with Crippen molar-refractivity contribution in [2.24, 2.45) is 5.92 Å². The van der Waals surface area contributed by atoms with Gasteiger partial charge in [0.25, 0.3) is 0 Å². The van der Waals surface area contributed by atoms with Crippen molar-refractivity contribution in [3.63, 3.8) is 0 Å². The molecule has 3 heterocycles. The molecule has 0 aliphatic heterocycles. The van der Waals surface area contributed by atoms with Gasteiger partial charge < -0.3 is 14.6 Å². The van der Waals surface area contributed by atoms with Crippen LogP contribution in [0.4, 0.5) is 0 Å². The standard InChI is InChI=1S/C18H20N6O3/c1-10-19-7-14(17-16(8-25)22-24-23-17)18(21-10)27-9-11-5-13(11)15-4-3-12(26-2)6-20-15/h3-4,6-7,11,13,25H,5,8-9H2,1-2H3,(H,22,23,24)/t11-,13+/m1/s1. The molecule has 1 aliphatic rings. The molecule has 1 aliphatic carbocycles. The van der Waals surface area contributed by atoms with E-state index in [0.29, 0.717) is 47.1 Å². The maximum atomic E-state index is 9.42. The van der Waals surface area contributed by atoms with Crippen LogP contribution in [0.1, 0.15) is 29.6 Å². The highest BCUT2D eigenvalue weighted by Gasteiger charge is 2.40. The highest BCUT2D eigenvalue weighted by molar-refractivity contribution is 5.65. The van der Waals surface area contributed by atoms with Crippen LogP contribution < -0.4 is 9.47 Å². The second kappa shape index (κ2) is 7.28. The van der Waals surface area contributed by atoms with E-state index in [4.69, 9.17) is 9.47 Å². The van der Waals surface area contributed by atoms with Gasteiger partial charge in [-0.1, -0.05) is 0 Å². The summed E-state index contributed by atoms with van der Waals surface area (Å²) in [6.45, 7) is 2.09. The SMILES string of the molecule is COc1ccc([C@H]2C[C@@H]2COc2nc(C)ncc2-c2n[nH]nc2CO)nc1. The molecule has 2 N–H and O–H groups in total. The summed E-state index contributed by atoms with van der Waals surface area (Å²) in [5.41, 5.74) is 2.58. The maximum Gasteiger partial charge on any atom is 0.226 e. The van der Waals surface area contributed by atoms with Crippen molar-refractivity contribution in [2.75, 3.05) is 13.7 Å². The average Bonchev–Trinajstić information content (AvgIpc) is 3.32. The molecule has 0 spiro atoms. The quantitative estimate of drug-likeness (QED) is 0.646. The van der Waals surface area contributed by atoms with Gasteiger partial charge in [-0.3, -0.25) is 4.98 Å². The molecule has 0 unspecified atom stereocenters. The Bertz CT molecular complexity index is 927. The number of aromatic nitrogens is 6. The van der Waals surface area contributed by atoms with Gasteiger partial charge in [-0.25, -0.2) is 4.98 Å². The fourth-order valence-corrected chi connectivity index (χ4v) is 3.01. The van der Waals surface area contributed by atoms with Crippen LogP contribution >= 0.6 is 0 Å². The van der Waals surface area contributed by atoms with Gasteiger partial charge in [0, 0.05) is 23.7 Å². The van der Waals surface area contributed by atoms with Crippen LogP contribution in [0.15, 0.2) is 24.5 Å². The molecule has 9 heteroatoms. The molecular formula is C18H20N6O3. The van der Waals surface area contributed by atoms with Gasteiger partial charge in [-0.05, 0) is 25.5 Å². The first-order valence-corrected chi connectivity index (χ1v) is 8.66. The van der Waals surface area contributed by atoms with Gasteiger partial charge in [-0.15, -0.1) is 0 Å². The first kappa shape index (κ1) is 17.3. The van der Waals surface area contributed by atoms with E-state index in [2.05, 4.69) is 30.4 Å². The minimum atomic E-state index is -0.229. The molecule has 0 radical (unpaired) electrons. The molecule has 27 heavy (non-hydrogen) atoms. The third kappa shape index (κ3) is 3.59. The Morgan fingerprint density at radius 1 is 1.22 bits per heavy atom. The molecule has 140 valence electrons. The molecule has 1 saturated carbocycles. The predicted octanol–water partition coefficient (Wildman–Crippen LogP) is 1.65. The Balaban J connectivity index is 1.46. The van der Waals surface area contributed by atoms with E-state index in [1.807, 2.05) is 12.1 Å². The Morgan fingerprint density at radius 3 is 2.85 bits per heavy atom. The van der Waals surface area contributed by atoms with E-state index in [9.17, 15) is 5.11 Å². The Hall–Kier alpha value is -3.07. The Morgan fingerprint density at radius 2 is 2.11 bits per heavy atom. The zero-order valence-electron chi connectivity index (χ0n) is 15.1. The molecule has 2 atom stereocenters. The van der Waals surface area contributed by atoms with Crippen molar-refractivity contribution < 1.29 is 14.6 Å². The van der Waals surface area contributed by atoms with E-state index in [-0.39, 0.29) is 6.61 Å². The number of hydrogen-bond acceptors (Lipinski definition) is 8. The summed E-state index contributed by atoms with van der Waals surface area (Å²) in [5.74, 6) is 2.55. The number of aromatic amines is 1. The minimum absolute atomic E-state index is 0.229. The molecular weight excluding hydrogens is 348 g/mol. The number of aliphatic hydroxyl groups excluding tert-OH is 1. The summed E-state index contributed by atoms with van der Waals surface area (Å²) in [4.78, 5) is 13.1. The van der Waals surface area contributed by atoms with Crippen LogP contribution in [0, 0.1) is 12.8 Å². The lowest BCUT2D eigenvalue weighted by Gasteiger charge is -2.10. The van der Waals surface area contributed by atoms with Gasteiger partial charge in [0.1, 0.15) is 23.0 Å². The molecule has 0 aromatic carbocycles. The molecule has 0 saturated heterocycles. The number of aryl methyl sites for hydroxylation is 1. The lowest BCUT2D eigenvalue weighted by molar-refractivity contribution is 0.276. The number of H-pyrrole nitrogens is 1. The van der Waals surface area contributed by atoms with Gasteiger partial charge in [0.2, 0.25) is 5.88 Å². The largest absolute Gasteiger partial charge is 0.495 e. The second-order valence-electron chi connectivity index (χ2n) is 6.45. The summed E-state index contributed by atoms with van der Waals surface area (Å²) < 4.78 is 11.1. The summed E-state index contributed by atoms with van der Waals surface area (Å²) in [6, 6.07) is 3.91. The van der Waals surface area contributed by atoms with Gasteiger partial charge in [0.15, 0.2) is 0 Å². The normalized spacial score (nSPS) is 18.3. The molecule has 0 amide bonds. The van der Waals surface area contributed by atoms with Crippen molar-refractivity contribution in [3.8, 4) is 22.9 Å². The van der Waals surface area contributed by atoms with Crippen molar-refractivity contribution in [3.05, 3.63) is 41.7 Å². The van der Waals surface area contributed by atoms with E-state index < -0.39 is 0 Å². The van der Waals surface area contributed by atoms with Crippen molar-refractivity contribution in [2.45, 2.75) is 25.9 Å². The zero-order valence-corrected chi connectivity index (χ0v) is 15.1. The monoisotopic (exact) mass is 368 g/mol. The van der Waals surface area contributed by atoms with E-state index in [1.165, 1.54) is 0 Å². The minimum Gasteiger partial charge on any atom is -0.495 e. The summed E-state index contributed by atoms with van der Waals surface area (Å²) in [5, 5.41) is 20.0. The van der Waals surface area contributed by atoms with Crippen LogP contribution in [0.2, 0.25) is 0 Å². The Kier molecular flexibility index (Phi) is 4.68. The van der Waals surface area contributed by atoms with Crippen LogP contribution in [0.25, 0.3) is 11.3 Å². The number of pyridine rings is 1. The number of ether oxygens (including phenoxy) is 2. The molecule has 0 bridgehead atoms. The number of nitrogens with zero attached hydrogens (tertiary/aromatic N) is 5. The number of hydrogen-bond donors (Lipinski definition) is 2. The fraction of sp³-hybridized carbons (Fsp3) is 0.389. The molecule has 3 aromatic rings. The second-order valence-corrected chi connectivity index (χ2v) is 6.45. The van der Waals surface area contributed by atoms with Gasteiger partial charge in [0.05, 0.1) is 32.1 Å². The van der Waals surface area contributed by atoms with Crippen molar-refractivity contribution in [1.29, 1.82) is 0 Å². The highest BCUT2D eigenvalue weighted by Crippen LogP contribution is 2.47. The van der Waals surface area contributed by atoms with E-state index in [1.54, 1.807) is 26.4 Å². The lowest BCUT2D eigenvalue weighted by atomic mass is 10.2. The van der Waals surface area contributed by atoms with Gasteiger partial charge >= 0.3 is 0 Å². The first-order chi connectivity index (χ1) is 13.2. The lowest BCUT2D eigenvalue weighted by Crippen LogP contribution is -2.06. The van der Waals surface area contributed by atoms with Gasteiger partial charge in [-0.2, -0.15) is 20.4 Å². The van der Waals surface area contributed by atoms with Crippen LogP contribution in [0.5, 0.6) is 11.6 Å². The highest BCUT2D eigenvalue weighted by atomic mass is 16.5. The maximum absolute atomic E-state index is 9.42. The van der Waals surface area contributed by atoms with E-state index >= 15 is 0 Å². The third-order valence-corrected chi connectivity index (χ3v) is 4.63. The first-order valence-electron chi connectivity index (χ1n) is 8.66. The number of methoxy groups -OCH3 is 1. The predicted molar refractivity (Wildman–Crippen MR) is 95.2 cm³/mol. The summed E-state index contributed by atoms with van der Waals surface area (Å²) in [7, 11) is 1.63. The third-order valence-electron chi connectivity index (χ3n) is 4.63. The van der Waals surface area contributed by atoms with Crippen molar-refractivity contribution >= 4 is 0 Å². The number of aliphatic hydroxyl groups is 1. The average molecular weight is 368 g/mol. The fourth-order valence-electron chi connectivity index (χ4n) is 3.01. The zero-order chi connectivity index (χ0) is 18.8. The molecule has 1 fully saturated rings. The molecule has 9 nitrogen and oxygen atoms in total. The van der Waals surface area contributed by atoms with Crippen molar-refractivity contribution in [1.82, 2.24) is 30.4 Å². The summed E-state index contributed by atoms with van der Waals surface area (Å²) >= 11 is 0.